The van der Waals surface area contributed by atoms with Gasteiger partial charge in [0.25, 0.3) is 19.7 Å². The lowest BCUT2D eigenvalue weighted by molar-refractivity contribution is -0.167. The summed E-state index contributed by atoms with van der Waals surface area (Å²) >= 11 is 0. The highest BCUT2D eigenvalue weighted by Gasteiger charge is 2.64. The molecule has 0 fully saturated rings. The molecule has 0 aliphatic carbocycles. The molecule has 0 rings (SSSR count). The molecule has 0 aliphatic heterocycles. The lowest BCUT2D eigenvalue weighted by Gasteiger charge is -2.33. The summed E-state index contributed by atoms with van der Waals surface area (Å²) in [6, 6.07) is 0. The second-order valence-electron chi connectivity index (χ2n) is 7.00. The summed E-state index contributed by atoms with van der Waals surface area (Å²) in [5.74, 6) is -1.04. The quantitative estimate of drug-likeness (QED) is 0.436. The van der Waals surface area contributed by atoms with Gasteiger partial charge >= 0.3 is 17.0 Å². The van der Waals surface area contributed by atoms with Crippen LogP contribution in [0.25, 0.3) is 0 Å². The largest absolute Gasteiger partial charge is 0.498 e. The number of ether oxygens (including phenoxy) is 1. The number of hydrogen-bond donors (Lipinski definition) is 0. The van der Waals surface area contributed by atoms with Crippen LogP contribution < -0.4 is 0 Å². The maximum absolute atomic E-state index is 12.8. The highest BCUT2D eigenvalue weighted by molar-refractivity contribution is 8.09. The number of halogens is 6. The molecule has 0 aromatic heterocycles. The molecule has 0 atom stereocenters. The summed E-state index contributed by atoms with van der Waals surface area (Å²) in [6.07, 6.45) is -1.57. The first-order valence-corrected chi connectivity index (χ1v) is 10.5. The lowest BCUT2D eigenvalue weighted by atomic mass is 9.90. The highest BCUT2D eigenvalue weighted by atomic mass is 32.3. The summed E-state index contributed by atoms with van der Waals surface area (Å²) in [7, 11) is -13.6. The van der Waals surface area contributed by atoms with Gasteiger partial charge < -0.3 is 4.74 Å². The van der Waals surface area contributed by atoms with Crippen LogP contribution in [0.2, 0.25) is 0 Å². The number of esters is 1. The molecular formula is C13H20F6O6S2. The lowest BCUT2D eigenvalue weighted by Crippen LogP contribution is -2.49. The minimum atomic E-state index is -6.79. The highest BCUT2D eigenvalue weighted by Crippen LogP contribution is 2.40. The fourth-order valence-corrected chi connectivity index (χ4v) is 5.49. The first kappa shape index (κ1) is 26.0. The molecule has 0 bridgehead atoms. The van der Waals surface area contributed by atoms with Crippen molar-refractivity contribution in [2.24, 2.45) is 5.41 Å². The molecule has 0 radical (unpaired) electrons. The molecule has 0 saturated heterocycles. The van der Waals surface area contributed by atoms with Crippen LogP contribution in [0.3, 0.4) is 0 Å². The molecule has 0 N–H and O–H groups in total. The van der Waals surface area contributed by atoms with Gasteiger partial charge in [-0.3, -0.25) is 4.79 Å². The first-order valence-electron chi connectivity index (χ1n) is 7.37. The number of carbonyl (C=O) groups excluding carboxylic acids is 1. The van der Waals surface area contributed by atoms with Crippen LogP contribution in [0.5, 0.6) is 0 Å². The normalized spacial score (nSPS) is 15.1. The van der Waals surface area contributed by atoms with Crippen LogP contribution >= 0.6 is 0 Å². The molecule has 0 heterocycles. The van der Waals surface area contributed by atoms with Gasteiger partial charge in [-0.1, -0.05) is 6.92 Å². The Morgan fingerprint density at radius 1 is 0.852 bits per heavy atom. The van der Waals surface area contributed by atoms with Crippen molar-refractivity contribution in [1.29, 1.82) is 0 Å². The van der Waals surface area contributed by atoms with Crippen molar-refractivity contribution < 1.29 is 52.7 Å². The van der Waals surface area contributed by atoms with Crippen LogP contribution in [-0.2, 0) is 29.2 Å². The number of sulfone groups is 2. The molecule has 27 heavy (non-hydrogen) atoms. The van der Waals surface area contributed by atoms with E-state index in [1.165, 1.54) is 13.8 Å². The zero-order chi connectivity index (χ0) is 22.3. The molecule has 14 heteroatoms. The summed E-state index contributed by atoms with van der Waals surface area (Å²) in [5, 5.41) is 0. The van der Waals surface area contributed by atoms with Gasteiger partial charge in [0.15, 0.2) is 4.58 Å². The predicted molar refractivity (Wildman–Crippen MR) is 82.6 cm³/mol. The van der Waals surface area contributed by atoms with Gasteiger partial charge in [0.2, 0.25) is 0 Å². The number of hydrogen-bond acceptors (Lipinski definition) is 6. The standard InChI is InChI=1S/C13H20F6O6S2/c1-6-10(2,3)9(20)25-11(4,5)7-8(26(21,22)12(14,15)16)27(23,24)13(17,18)19/h8H,6-7H2,1-5H3. The number of carbonyl (C=O) groups is 1. The summed E-state index contributed by atoms with van der Waals surface area (Å²) in [6.45, 7) is 5.95. The van der Waals surface area contributed by atoms with Crippen LogP contribution in [0.15, 0.2) is 0 Å². The molecule has 0 unspecified atom stereocenters. The smallest absolute Gasteiger partial charge is 0.459 e. The predicted octanol–water partition coefficient (Wildman–Crippen LogP) is 3.33. The maximum atomic E-state index is 12.8. The molecule has 0 aromatic rings. The van der Waals surface area contributed by atoms with E-state index in [9.17, 15) is 48.0 Å². The second-order valence-corrected chi connectivity index (χ2v) is 11.5. The van der Waals surface area contributed by atoms with E-state index in [1.807, 2.05) is 0 Å². The Balaban J connectivity index is 6.21. The van der Waals surface area contributed by atoms with Crippen molar-refractivity contribution in [3.05, 3.63) is 0 Å². The third-order valence-electron chi connectivity index (χ3n) is 3.80. The van der Waals surface area contributed by atoms with Crippen molar-refractivity contribution in [1.82, 2.24) is 0 Å². The van der Waals surface area contributed by atoms with E-state index in [0.717, 1.165) is 13.8 Å². The van der Waals surface area contributed by atoms with Gasteiger partial charge in [0, 0.05) is 6.42 Å². The third-order valence-corrected chi connectivity index (χ3v) is 8.33. The van der Waals surface area contributed by atoms with Crippen LogP contribution in [0.1, 0.15) is 47.5 Å². The Bertz CT molecular complexity index is 718. The van der Waals surface area contributed by atoms with Gasteiger partial charge in [-0.05, 0) is 34.1 Å². The molecule has 0 saturated carbocycles. The Hall–Kier alpha value is -1.05. The number of alkyl halides is 6. The minimum absolute atomic E-state index is 0.188. The Morgan fingerprint density at radius 3 is 1.44 bits per heavy atom. The Labute approximate surface area is 153 Å². The molecule has 162 valence electrons. The van der Waals surface area contributed by atoms with Gasteiger partial charge in [0.1, 0.15) is 5.60 Å². The minimum Gasteiger partial charge on any atom is -0.459 e. The summed E-state index contributed by atoms with van der Waals surface area (Å²) < 4.78 is 124. The van der Waals surface area contributed by atoms with Crippen LogP contribution in [-0.4, -0.2) is 44.0 Å². The monoisotopic (exact) mass is 450 g/mol. The van der Waals surface area contributed by atoms with Crippen LogP contribution in [0, 0.1) is 5.41 Å². The van der Waals surface area contributed by atoms with E-state index in [4.69, 9.17) is 4.74 Å². The van der Waals surface area contributed by atoms with E-state index in [2.05, 4.69) is 0 Å². The third kappa shape index (κ3) is 5.72. The van der Waals surface area contributed by atoms with Gasteiger partial charge in [-0.25, -0.2) is 16.8 Å². The fourth-order valence-electron chi connectivity index (χ4n) is 1.66. The zero-order valence-electron chi connectivity index (χ0n) is 15.0. The zero-order valence-corrected chi connectivity index (χ0v) is 16.7. The average Bonchev–Trinajstić information content (AvgIpc) is 2.41. The van der Waals surface area contributed by atoms with Crippen molar-refractivity contribution >= 4 is 25.6 Å². The van der Waals surface area contributed by atoms with Crippen molar-refractivity contribution in [3.8, 4) is 0 Å². The molecule has 0 aromatic carbocycles. The Kier molecular flexibility index (Phi) is 7.12. The van der Waals surface area contributed by atoms with Crippen molar-refractivity contribution in [2.75, 3.05) is 0 Å². The Morgan fingerprint density at radius 2 is 1.19 bits per heavy atom. The average molecular weight is 450 g/mol. The molecule has 0 aliphatic rings. The summed E-state index contributed by atoms with van der Waals surface area (Å²) in [4.78, 5) is 12.0. The van der Waals surface area contributed by atoms with E-state index in [-0.39, 0.29) is 6.42 Å². The molecule has 0 spiro atoms. The van der Waals surface area contributed by atoms with Crippen LogP contribution in [0.4, 0.5) is 26.3 Å². The van der Waals surface area contributed by atoms with Gasteiger partial charge in [-0.15, -0.1) is 0 Å². The number of rotatable bonds is 7. The van der Waals surface area contributed by atoms with E-state index >= 15 is 0 Å². The van der Waals surface area contributed by atoms with E-state index < -0.39 is 58.7 Å². The SMILES string of the molecule is CCC(C)(C)C(=O)OC(C)(C)CC(S(=O)(=O)C(F)(F)F)S(=O)(=O)C(F)(F)F. The second kappa shape index (κ2) is 7.41. The van der Waals surface area contributed by atoms with Gasteiger partial charge in [-0.2, -0.15) is 26.3 Å². The van der Waals surface area contributed by atoms with Crippen molar-refractivity contribution in [2.45, 2.75) is 68.7 Å². The molecule has 6 nitrogen and oxygen atoms in total. The van der Waals surface area contributed by atoms with Gasteiger partial charge in [0.05, 0.1) is 5.41 Å². The van der Waals surface area contributed by atoms with E-state index in [0.29, 0.717) is 0 Å². The van der Waals surface area contributed by atoms with E-state index in [1.54, 1.807) is 6.92 Å². The summed E-state index contributed by atoms with van der Waals surface area (Å²) in [5.41, 5.74) is -16.0. The maximum Gasteiger partial charge on any atom is 0.498 e. The molecular weight excluding hydrogens is 430 g/mol. The fraction of sp³-hybridized carbons (Fsp3) is 0.923. The first-order chi connectivity index (χ1) is 11.5. The van der Waals surface area contributed by atoms with Crippen molar-refractivity contribution in [3.63, 3.8) is 0 Å². The molecule has 0 amide bonds. The topological polar surface area (TPSA) is 94.6 Å².